The Hall–Kier alpha value is -1.81. The fourth-order valence-corrected chi connectivity index (χ4v) is 2.35. The summed E-state index contributed by atoms with van der Waals surface area (Å²) in [7, 11) is 0. The molecule has 1 heterocycles. The summed E-state index contributed by atoms with van der Waals surface area (Å²) >= 11 is 0. The van der Waals surface area contributed by atoms with E-state index in [1.54, 1.807) is 13.8 Å². The van der Waals surface area contributed by atoms with Crippen LogP contribution in [0.4, 0.5) is 0 Å². The molecule has 4 nitrogen and oxygen atoms in total. The molecule has 0 saturated carbocycles. The lowest BCUT2D eigenvalue weighted by Crippen LogP contribution is -2.28. The molecule has 0 aliphatic heterocycles. The summed E-state index contributed by atoms with van der Waals surface area (Å²) in [6.45, 7) is 6.95. The van der Waals surface area contributed by atoms with Gasteiger partial charge in [0.2, 0.25) is 0 Å². The summed E-state index contributed by atoms with van der Waals surface area (Å²) in [5.74, 6) is 0.244. The Labute approximate surface area is 125 Å². The molecule has 21 heavy (non-hydrogen) atoms. The number of hydrogen-bond acceptors (Lipinski definition) is 3. The van der Waals surface area contributed by atoms with Gasteiger partial charge in [0.15, 0.2) is 0 Å². The Morgan fingerprint density at radius 2 is 2.05 bits per heavy atom. The summed E-state index contributed by atoms with van der Waals surface area (Å²) in [5, 5.41) is 13.6. The zero-order chi connectivity index (χ0) is 15.5. The molecule has 0 amide bonds. The van der Waals surface area contributed by atoms with E-state index in [1.807, 2.05) is 18.2 Å². The van der Waals surface area contributed by atoms with Crippen molar-refractivity contribution in [3.05, 3.63) is 35.6 Å². The number of carbonyl (C=O) groups is 1. The van der Waals surface area contributed by atoms with E-state index in [9.17, 15) is 4.79 Å². The van der Waals surface area contributed by atoms with E-state index in [-0.39, 0.29) is 0 Å². The normalized spacial score (nSPS) is 12.0. The summed E-state index contributed by atoms with van der Waals surface area (Å²) in [5.41, 5.74) is 1.40. The molecule has 0 saturated heterocycles. The van der Waals surface area contributed by atoms with E-state index in [0.29, 0.717) is 19.5 Å². The number of nitrogens with one attached hydrogen (secondary N) is 1. The molecular weight excluding hydrogens is 266 g/mol. The number of para-hydroxylation sites is 1. The van der Waals surface area contributed by atoms with Crippen LogP contribution in [0.25, 0.3) is 11.0 Å². The molecule has 4 heteroatoms. The molecule has 0 radical (unpaired) electrons. The van der Waals surface area contributed by atoms with Gasteiger partial charge in [0.25, 0.3) is 0 Å². The zero-order valence-corrected chi connectivity index (χ0v) is 12.9. The second-order valence-electron chi connectivity index (χ2n) is 5.97. The Kier molecular flexibility index (Phi) is 4.68. The summed E-state index contributed by atoms with van der Waals surface area (Å²) in [4.78, 5) is 11.1. The van der Waals surface area contributed by atoms with Crippen molar-refractivity contribution >= 4 is 16.9 Å². The van der Waals surface area contributed by atoms with Crippen molar-refractivity contribution in [2.45, 2.75) is 40.2 Å². The van der Waals surface area contributed by atoms with Crippen LogP contribution in [0, 0.1) is 5.41 Å². The number of furan rings is 1. The molecule has 0 fully saturated rings. The molecule has 0 bridgehead atoms. The second-order valence-corrected chi connectivity index (χ2v) is 5.97. The smallest absolute Gasteiger partial charge is 0.309 e. The van der Waals surface area contributed by atoms with Crippen LogP contribution in [0.5, 0.6) is 0 Å². The van der Waals surface area contributed by atoms with Gasteiger partial charge < -0.3 is 14.8 Å². The fraction of sp³-hybridized carbons (Fsp3) is 0.471. The number of benzene rings is 1. The average molecular weight is 289 g/mol. The van der Waals surface area contributed by atoms with Gasteiger partial charge >= 0.3 is 5.97 Å². The fourth-order valence-electron chi connectivity index (χ4n) is 2.35. The highest BCUT2D eigenvalue weighted by atomic mass is 16.4. The minimum atomic E-state index is -0.757. The van der Waals surface area contributed by atoms with Crippen molar-refractivity contribution in [2.75, 3.05) is 6.54 Å². The van der Waals surface area contributed by atoms with E-state index < -0.39 is 11.4 Å². The third-order valence-corrected chi connectivity index (χ3v) is 3.91. The molecule has 0 spiro atoms. The quantitative estimate of drug-likeness (QED) is 0.765. The molecule has 114 valence electrons. The Morgan fingerprint density at radius 3 is 2.71 bits per heavy atom. The Balaban J connectivity index is 2.02. The van der Waals surface area contributed by atoms with E-state index in [1.165, 1.54) is 5.56 Å². The van der Waals surface area contributed by atoms with Crippen LogP contribution in [0.15, 0.2) is 28.7 Å². The molecule has 2 N–H and O–H groups in total. The van der Waals surface area contributed by atoms with Crippen molar-refractivity contribution in [1.82, 2.24) is 5.32 Å². The lowest BCUT2D eigenvalue weighted by atomic mass is 9.90. The molecule has 2 aromatic rings. The number of aryl methyl sites for hydroxylation is 1. The van der Waals surface area contributed by atoms with Crippen molar-refractivity contribution in [3.8, 4) is 0 Å². The monoisotopic (exact) mass is 289 g/mol. The van der Waals surface area contributed by atoms with Gasteiger partial charge in [-0.15, -0.1) is 0 Å². The lowest BCUT2D eigenvalue weighted by Gasteiger charge is -2.18. The third kappa shape index (κ3) is 3.45. The van der Waals surface area contributed by atoms with E-state index in [2.05, 4.69) is 18.3 Å². The first-order valence-electron chi connectivity index (χ1n) is 7.39. The summed E-state index contributed by atoms with van der Waals surface area (Å²) < 4.78 is 5.85. The molecule has 1 aromatic carbocycles. The minimum absolute atomic E-state index is 0.597. The maximum atomic E-state index is 11.1. The van der Waals surface area contributed by atoms with Crippen LogP contribution in [0.1, 0.15) is 38.5 Å². The van der Waals surface area contributed by atoms with E-state index in [0.717, 1.165) is 23.2 Å². The predicted octanol–water partition coefficient (Wildman–Crippen LogP) is 3.59. The first-order chi connectivity index (χ1) is 9.95. The Bertz CT molecular complexity index is 628. The van der Waals surface area contributed by atoms with Gasteiger partial charge in [-0.05, 0) is 32.9 Å². The number of hydrogen-bond donors (Lipinski definition) is 2. The van der Waals surface area contributed by atoms with E-state index in [4.69, 9.17) is 9.52 Å². The second kappa shape index (κ2) is 6.31. The largest absolute Gasteiger partial charge is 0.481 e. The summed E-state index contributed by atoms with van der Waals surface area (Å²) in [6.07, 6.45) is 1.45. The highest BCUT2D eigenvalue weighted by Gasteiger charge is 2.26. The maximum absolute atomic E-state index is 11.1. The lowest BCUT2D eigenvalue weighted by molar-refractivity contribution is -0.147. The van der Waals surface area contributed by atoms with Crippen LogP contribution in [-0.2, 0) is 17.8 Å². The first-order valence-corrected chi connectivity index (χ1v) is 7.39. The highest BCUT2D eigenvalue weighted by molar-refractivity contribution is 5.82. The number of carboxylic acids is 1. The minimum Gasteiger partial charge on any atom is -0.481 e. The zero-order valence-electron chi connectivity index (χ0n) is 12.9. The topological polar surface area (TPSA) is 62.5 Å². The molecule has 0 aliphatic rings. The van der Waals surface area contributed by atoms with Crippen molar-refractivity contribution in [3.63, 3.8) is 0 Å². The van der Waals surface area contributed by atoms with Crippen LogP contribution in [0.2, 0.25) is 0 Å². The van der Waals surface area contributed by atoms with Crippen LogP contribution in [0.3, 0.4) is 0 Å². The van der Waals surface area contributed by atoms with Gasteiger partial charge in [0, 0.05) is 23.9 Å². The molecular formula is C17H23NO3. The van der Waals surface area contributed by atoms with Crippen LogP contribution in [-0.4, -0.2) is 17.6 Å². The maximum Gasteiger partial charge on any atom is 0.309 e. The van der Waals surface area contributed by atoms with Gasteiger partial charge in [0.05, 0.1) is 5.41 Å². The van der Waals surface area contributed by atoms with Gasteiger partial charge in [-0.3, -0.25) is 4.79 Å². The average Bonchev–Trinajstić information content (AvgIpc) is 2.81. The molecule has 1 aromatic heterocycles. The highest BCUT2D eigenvalue weighted by Crippen LogP contribution is 2.26. The van der Waals surface area contributed by atoms with Gasteiger partial charge in [0.1, 0.15) is 11.3 Å². The third-order valence-electron chi connectivity index (χ3n) is 3.91. The first kappa shape index (κ1) is 15.6. The molecule has 0 aliphatic carbocycles. The number of carboxylic acid groups (broad SMARTS) is 1. The molecule has 0 atom stereocenters. The van der Waals surface area contributed by atoms with Crippen molar-refractivity contribution in [2.24, 2.45) is 5.41 Å². The SMILES string of the molecule is CCc1oc2ccccc2c1CNCCC(C)(C)C(=O)O. The Morgan fingerprint density at radius 1 is 1.33 bits per heavy atom. The predicted molar refractivity (Wildman–Crippen MR) is 83.3 cm³/mol. The van der Waals surface area contributed by atoms with Gasteiger partial charge in [-0.25, -0.2) is 0 Å². The van der Waals surface area contributed by atoms with Crippen LogP contribution >= 0.6 is 0 Å². The standard InChI is InChI=1S/C17H23NO3/c1-4-14-13(12-7-5-6-8-15(12)21-14)11-18-10-9-17(2,3)16(19)20/h5-8,18H,4,9-11H2,1-3H3,(H,19,20). The molecule has 2 rings (SSSR count). The summed E-state index contributed by atoms with van der Waals surface area (Å²) in [6, 6.07) is 8.02. The van der Waals surface area contributed by atoms with Crippen molar-refractivity contribution in [1.29, 1.82) is 0 Å². The number of fused-ring (bicyclic) bond motifs is 1. The van der Waals surface area contributed by atoms with E-state index >= 15 is 0 Å². The van der Waals surface area contributed by atoms with Gasteiger partial charge in [-0.2, -0.15) is 0 Å². The van der Waals surface area contributed by atoms with Crippen molar-refractivity contribution < 1.29 is 14.3 Å². The molecule has 0 unspecified atom stereocenters. The number of rotatable bonds is 7. The van der Waals surface area contributed by atoms with Crippen LogP contribution < -0.4 is 5.32 Å². The van der Waals surface area contributed by atoms with Gasteiger partial charge in [-0.1, -0.05) is 25.1 Å². The number of aliphatic carboxylic acids is 1.